The maximum absolute atomic E-state index is 12.9. The van der Waals surface area contributed by atoms with E-state index in [-0.39, 0.29) is 17.0 Å². The number of non-ortho nitro benzene ring substituents is 1. The number of nitrogens with one attached hydrogen (secondary N) is 1. The van der Waals surface area contributed by atoms with Crippen molar-refractivity contribution < 1.29 is 14.1 Å². The van der Waals surface area contributed by atoms with Crippen LogP contribution in [0, 0.1) is 10.1 Å². The van der Waals surface area contributed by atoms with Crippen molar-refractivity contribution in [2.45, 2.75) is 50.1 Å². The number of aromatic nitrogens is 3. The van der Waals surface area contributed by atoms with Gasteiger partial charge in [-0.3, -0.25) is 19.5 Å². The van der Waals surface area contributed by atoms with Crippen LogP contribution in [0.3, 0.4) is 0 Å². The molecular formula is C26H27N5O4S. The van der Waals surface area contributed by atoms with Crippen molar-refractivity contribution in [2.75, 3.05) is 5.32 Å². The average Bonchev–Trinajstić information content (AvgIpc) is 3.49. The first-order valence-corrected chi connectivity index (χ1v) is 12.3. The number of anilines is 1. The zero-order chi connectivity index (χ0) is 25.9. The lowest BCUT2D eigenvalue weighted by Crippen LogP contribution is -2.23. The molecule has 0 radical (unpaired) electrons. The summed E-state index contributed by atoms with van der Waals surface area (Å²) in [6.07, 6.45) is 1.61. The van der Waals surface area contributed by atoms with Gasteiger partial charge < -0.3 is 9.73 Å². The van der Waals surface area contributed by atoms with Gasteiger partial charge in [-0.25, -0.2) is 0 Å². The number of rotatable bonds is 8. The monoisotopic (exact) mass is 505 g/mol. The van der Waals surface area contributed by atoms with Crippen LogP contribution in [0.4, 0.5) is 11.4 Å². The summed E-state index contributed by atoms with van der Waals surface area (Å²) in [5, 5.41) is 22.6. The molecule has 2 aromatic carbocycles. The number of amides is 1. The number of thioether (sulfide) groups is 1. The molecule has 4 aromatic rings. The molecule has 4 rings (SSSR count). The Morgan fingerprint density at radius 2 is 1.89 bits per heavy atom. The van der Waals surface area contributed by atoms with Crippen LogP contribution in [0.2, 0.25) is 0 Å². The van der Waals surface area contributed by atoms with Gasteiger partial charge in [-0.1, -0.05) is 62.9 Å². The van der Waals surface area contributed by atoms with E-state index < -0.39 is 10.2 Å². The van der Waals surface area contributed by atoms with Gasteiger partial charge in [0.15, 0.2) is 11.0 Å². The lowest BCUT2D eigenvalue weighted by Gasteiger charge is -2.19. The number of nitro groups is 1. The van der Waals surface area contributed by atoms with Gasteiger partial charge in [-0.05, 0) is 36.1 Å². The molecule has 2 aromatic heterocycles. The fourth-order valence-electron chi connectivity index (χ4n) is 3.56. The van der Waals surface area contributed by atoms with Crippen LogP contribution in [0.25, 0.3) is 11.4 Å². The van der Waals surface area contributed by atoms with E-state index in [2.05, 4.69) is 48.4 Å². The molecule has 0 unspecified atom stereocenters. The van der Waals surface area contributed by atoms with Crippen LogP contribution in [0.5, 0.6) is 0 Å². The van der Waals surface area contributed by atoms with Gasteiger partial charge in [0.05, 0.1) is 23.0 Å². The second-order valence-electron chi connectivity index (χ2n) is 9.36. The number of carbonyl (C=O) groups is 1. The number of benzene rings is 2. The molecule has 2 heterocycles. The Hall–Kier alpha value is -3.92. The average molecular weight is 506 g/mol. The number of hydrogen-bond donors (Lipinski definition) is 1. The van der Waals surface area contributed by atoms with Crippen molar-refractivity contribution in [2.24, 2.45) is 0 Å². The van der Waals surface area contributed by atoms with E-state index in [9.17, 15) is 14.9 Å². The minimum Gasteiger partial charge on any atom is -0.467 e. The molecule has 1 atom stereocenters. The van der Waals surface area contributed by atoms with E-state index >= 15 is 0 Å². The third kappa shape index (κ3) is 5.83. The summed E-state index contributed by atoms with van der Waals surface area (Å²) < 4.78 is 7.48. The van der Waals surface area contributed by atoms with Gasteiger partial charge in [0.1, 0.15) is 5.76 Å². The molecular weight excluding hydrogens is 478 g/mol. The number of carbonyl (C=O) groups excluding carboxylic acids is 1. The van der Waals surface area contributed by atoms with Crippen molar-refractivity contribution in [3.63, 3.8) is 0 Å². The molecule has 36 heavy (non-hydrogen) atoms. The lowest BCUT2D eigenvalue weighted by atomic mass is 9.87. The maximum Gasteiger partial charge on any atom is 0.271 e. The second-order valence-corrected chi connectivity index (χ2v) is 10.7. The van der Waals surface area contributed by atoms with Crippen molar-refractivity contribution >= 4 is 29.0 Å². The summed E-state index contributed by atoms with van der Waals surface area (Å²) in [4.78, 5) is 23.4. The first-order valence-electron chi connectivity index (χ1n) is 11.4. The van der Waals surface area contributed by atoms with Crippen LogP contribution in [0.1, 0.15) is 39.0 Å². The van der Waals surface area contributed by atoms with Crippen molar-refractivity contribution in [1.29, 1.82) is 0 Å². The standard InChI is InChI=1S/C26H27N5O4S/c1-17(24(32)27-20-7-5-8-21(15-20)31(33)34)36-25-29-28-23(30(25)16-22-9-6-14-35-22)18-10-12-19(13-11-18)26(2,3)4/h5-15,17H,16H2,1-4H3,(H,27,32)/t17-/m0/s1. The third-order valence-electron chi connectivity index (χ3n) is 5.60. The van der Waals surface area contributed by atoms with Gasteiger partial charge >= 0.3 is 0 Å². The van der Waals surface area contributed by atoms with Gasteiger partial charge in [-0.2, -0.15) is 0 Å². The zero-order valence-electron chi connectivity index (χ0n) is 20.5. The quantitative estimate of drug-likeness (QED) is 0.180. The number of furan rings is 1. The molecule has 0 fully saturated rings. The van der Waals surface area contributed by atoms with E-state index in [1.807, 2.05) is 28.8 Å². The fourth-order valence-corrected chi connectivity index (χ4v) is 4.41. The molecule has 186 valence electrons. The number of nitrogens with zero attached hydrogens (tertiary/aromatic N) is 4. The predicted octanol–water partition coefficient (Wildman–Crippen LogP) is 5.91. The van der Waals surface area contributed by atoms with Gasteiger partial charge in [0, 0.05) is 23.4 Å². The molecule has 0 saturated heterocycles. The van der Waals surface area contributed by atoms with Crippen LogP contribution in [0.15, 0.2) is 76.5 Å². The van der Waals surface area contributed by atoms with Crippen molar-refractivity contribution in [1.82, 2.24) is 14.8 Å². The fraction of sp³-hybridized carbons (Fsp3) is 0.269. The van der Waals surface area contributed by atoms with E-state index in [0.717, 1.165) is 11.3 Å². The molecule has 0 aliphatic carbocycles. The summed E-state index contributed by atoms with van der Waals surface area (Å²) in [6, 6.07) is 17.8. The highest BCUT2D eigenvalue weighted by Crippen LogP contribution is 2.30. The normalized spacial score (nSPS) is 12.3. The van der Waals surface area contributed by atoms with Crippen LogP contribution < -0.4 is 5.32 Å². The van der Waals surface area contributed by atoms with E-state index in [1.54, 1.807) is 19.3 Å². The topological polar surface area (TPSA) is 116 Å². The largest absolute Gasteiger partial charge is 0.467 e. The molecule has 0 saturated carbocycles. The Kier molecular flexibility index (Phi) is 7.25. The summed E-state index contributed by atoms with van der Waals surface area (Å²) in [5.74, 6) is 1.10. The first kappa shape index (κ1) is 25.2. The van der Waals surface area contributed by atoms with Crippen LogP contribution >= 0.6 is 11.8 Å². The maximum atomic E-state index is 12.9. The molecule has 0 aliphatic rings. The van der Waals surface area contributed by atoms with E-state index in [4.69, 9.17) is 4.42 Å². The van der Waals surface area contributed by atoms with E-state index in [0.29, 0.717) is 23.2 Å². The second kappa shape index (κ2) is 10.4. The molecule has 0 spiro atoms. The Morgan fingerprint density at radius 1 is 1.14 bits per heavy atom. The number of hydrogen-bond acceptors (Lipinski definition) is 7. The summed E-state index contributed by atoms with van der Waals surface area (Å²) in [5.41, 5.74) is 2.42. The minimum atomic E-state index is -0.542. The van der Waals surface area contributed by atoms with Crippen molar-refractivity contribution in [3.05, 3.63) is 88.4 Å². The molecule has 9 nitrogen and oxygen atoms in total. The zero-order valence-corrected chi connectivity index (χ0v) is 21.3. The molecule has 1 amide bonds. The Labute approximate surface area is 213 Å². The smallest absolute Gasteiger partial charge is 0.271 e. The SMILES string of the molecule is C[C@H](Sc1nnc(-c2ccc(C(C)(C)C)cc2)n1Cc1ccco1)C(=O)Nc1cccc([N+](=O)[O-])c1. The highest BCUT2D eigenvalue weighted by Gasteiger charge is 2.23. The Bertz CT molecular complexity index is 1360. The molecule has 10 heteroatoms. The molecule has 0 aliphatic heterocycles. The van der Waals surface area contributed by atoms with Crippen molar-refractivity contribution in [3.8, 4) is 11.4 Å². The minimum absolute atomic E-state index is 0.0311. The third-order valence-corrected chi connectivity index (χ3v) is 6.68. The summed E-state index contributed by atoms with van der Waals surface area (Å²) >= 11 is 1.25. The highest BCUT2D eigenvalue weighted by atomic mass is 32.2. The molecule has 1 N–H and O–H groups in total. The van der Waals surface area contributed by atoms with Gasteiger partial charge in [0.2, 0.25) is 5.91 Å². The van der Waals surface area contributed by atoms with Crippen LogP contribution in [-0.4, -0.2) is 30.8 Å². The summed E-state index contributed by atoms with van der Waals surface area (Å²) in [7, 11) is 0. The van der Waals surface area contributed by atoms with Crippen LogP contribution in [-0.2, 0) is 16.8 Å². The van der Waals surface area contributed by atoms with Gasteiger partial charge in [-0.15, -0.1) is 10.2 Å². The lowest BCUT2D eigenvalue weighted by molar-refractivity contribution is -0.384. The molecule has 0 bridgehead atoms. The van der Waals surface area contributed by atoms with Gasteiger partial charge in [0.25, 0.3) is 5.69 Å². The van der Waals surface area contributed by atoms with E-state index in [1.165, 1.54) is 35.5 Å². The first-order chi connectivity index (χ1) is 17.1. The Balaban J connectivity index is 1.58. The summed E-state index contributed by atoms with van der Waals surface area (Å²) in [6.45, 7) is 8.64. The predicted molar refractivity (Wildman–Crippen MR) is 139 cm³/mol. The Morgan fingerprint density at radius 3 is 2.53 bits per heavy atom. The highest BCUT2D eigenvalue weighted by molar-refractivity contribution is 8.00. The number of nitro benzene ring substituents is 1.